The number of halogens is 2. The Morgan fingerprint density at radius 2 is 2.06 bits per heavy atom. The molecule has 0 aromatic rings. The highest BCUT2D eigenvalue weighted by Crippen LogP contribution is 2.22. The third-order valence-electron chi connectivity index (χ3n) is 2.40. The van der Waals surface area contributed by atoms with Crippen LogP contribution in [0.25, 0.3) is 0 Å². The lowest BCUT2D eigenvalue weighted by molar-refractivity contribution is -0.154. The minimum Gasteiger partial charge on any atom is -0.458 e. The topological polar surface area (TPSA) is 26.3 Å². The van der Waals surface area contributed by atoms with Gasteiger partial charge in [0.1, 0.15) is 5.60 Å². The van der Waals surface area contributed by atoms with Gasteiger partial charge in [-0.1, -0.05) is 36.2 Å². The van der Waals surface area contributed by atoms with Crippen molar-refractivity contribution in [2.45, 2.75) is 50.5 Å². The van der Waals surface area contributed by atoms with Gasteiger partial charge in [-0.3, -0.25) is 0 Å². The maximum atomic E-state index is 11.2. The number of carbonyl (C=O) groups excluding carboxylic acids is 1. The van der Waals surface area contributed by atoms with Crippen molar-refractivity contribution in [3.8, 4) is 0 Å². The van der Waals surface area contributed by atoms with E-state index in [9.17, 15) is 4.79 Å². The largest absolute Gasteiger partial charge is 0.458 e. The van der Waals surface area contributed by atoms with E-state index in [1.54, 1.807) is 0 Å². The summed E-state index contributed by atoms with van der Waals surface area (Å²) >= 11 is 10.8. The van der Waals surface area contributed by atoms with Crippen molar-refractivity contribution in [3.63, 3.8) is 0 Å². The number of allylic oxidation sites excluding steroid dienone is 1. The molecule has 1 unspecified atom stereocenters. The van der Waals surface area contributed by atoms with Gasteiger partial charge in [0.05, 0.1) is 0 Å². The molecule has 4 heteroatoms. The second-order valence-electron chi connectivity index (χ2n) is 4.59. The lowest BCUT2D eigenvalue weighted by Gasteiger charge is -2.25. The summed E-state index contributed by atoms with van der Waals surface area (Å²) < 4.78 is 5.19. The zero-order valence-electron chi connectivity index (χ0n) is 10.1. The SMILES string of the molecule is C=CC(C)CCCC(C)(C)OC(=O)C(Cl)Cl. The van der Waals surface area contributed by atoms with Crippen LogP contribution in [0, 0.1) is 5.92 Å². The van der Waals surface area contributed by atoms with Gasteiger partial charge in [-0.25, -0.2) is 4.79 Å². The predicted octanol–water partition coefficient (Wildman–Crippen LogP) is 4.10. The summed E-state index contributed by atoms with van der Waals surface area (Å²) in [4.78, 5) is 10.1. The van der Waals surface area contributed by atoms with Gasteiger partial charge >= 0.3 is 5.97 Å². The Hall–Kier alpha value is -0.210. The fraction of sp³-hybridized carbons (Fsp3) is 0.750. The van der Waals surface area contributed by atoms with Gasteiger partial charge in [0.25, 0.3) is 0 Å². The van der Waals surface area contributed by atoms with Crippen LogP contribution < -0.4 is 0 Å². The summed E-state index contributed by atoms with van der Waals surface area (Å²) in [7, 11) is 0. The molecule has 94 valence electrons. The molecule has 0 aliphatic heterocycles. The van der Waals surface area contributed by atoms with Crippen LogP contribution in [0.5, 0.6) is 0 Å². The van der Waals surface area contributed by atoms with Crippen molar-refractivity contribution in [1.82, 2.24) is 0 Å². The molecule has 0 spiro atoms. The monoisotopic (exact) mass is 266 g/mol. The fourth-order valence-electron chi connectivity index (χ4n) is 1.34. The Bertz CT molecular complexity index is 237. The van der Waals surface area contributed by atoms with Gasteiger partial charge in [-0.15, -0.1) is 6.58 Å². The molecule has 0 saturated heterocycles. The maximum Gasteiger partial charge on any atom is 0.339 e. The zero-order valence-corrected chi connectivity index (χ0v) is 11.6. The van der Waals surface area contributed by atoms with E-state index in [4.69, 9.17) is 27.9 Å². The second kappa shape index (κ2) is 7.18. The van der Waals surface area contributed by atoms with E-state index in [1.165, 1.54) is 0 Å². The predicted molar refractivity (Wildman–Crippen MR) is 68.9 cm³/mol. The molecule has 0 amide bonds. The first-order valence-corrected chi connectivity index (χ1v) is 6.29. The highest BCUT2D eigenvalue weighted by atomic mass is 35.5. The van der Waals surface area contributed by atoms with Crippen molar-refractivity contribution in [3.05, 3.63) is 12.7 Å². The summed E-state index contributed by atoms with van der Waals surface area (Å²) in [5, 5.41) is 0. The van der Waals surface area contributed by atoms with Gasteiger partial charge < -0.3 is 4.74 Å². The average molecular weight is 267 g/mol. The minimum atomic E-state index is -1.11. The summed E-state index contributed by atoms with van der Waals surface area (Å²) in [6.45, 7) is 9.56. The molecule has 0 radical (unpaired) electrons. The van der Waals surface area contributed by atoms with Gasteiger partial charge in [-0.2, -0.15) is 0 Å². The molecule has 0 bridgehead atoms. The van der Waals surface area contributed by atoms with Crippen LogP contribution in [0.2, 0.25) is 0 Å². The Labute approximate surface area is 108 Å². The van der Waals surface area contributed by atoms with Crippen LogP contribution in [0.4, 0.5) is 0 Å². The molecule has 2 nitrogen and oxygen atoms in total. The van der Waals surface area contributed by atoms with Crippen molar-refractivity contribution < 1.29 is 9.53 Å². The van der Waals surface area contributed by atoms with Crippen LogP contribution in [0.3, 0.4) is 0 Å². The summed E-state index contributed by atoms with van der Waals surface area (Å²) in [6, 6.07) is 0. The van der Waals surface area contributed by atoms with E-state index in [-0.39, 0.29) is 0 Å². The molecular weight excluding hydrogens is 247 g/mol. The smallest absolute Gasteiger partial charge is 0.339 e. The van der Waals surface area contributed by atoms with E-state index in [1.807, 2.05) is 19.9 Å². The standard InChI is InChI=1S/C12H20Cl2O2/c1-5-9(2)7-6-8-12(3,4)16-11(15)10(13)14/h5,9-10H,1,6-8H2,2-4H3. The van der Waals surface area contributed by atoms with Gasteiger partial charge in [-0.05, 0) is 39.0 Å². The summed E-state index contributed by atoms with van der Waals surface area (Å²) in [6.07, 6.45) is 4.72. The number of alkyl halides is 2. The minimum absolute atomic E-state index is 0.486. The molecule has 0 N–H and O–H groups in total. The van der Waals surface area contributed by atoms with Gasteiger partial charge in [0.15, 0.2) is 0 Å². The third-order valence-corrected chi connectivity index (χ3v) is 2.75. The molecule has 0 aromatic heterocycles. The average Bonchev–Trinajstić information content (AvgIpc) is 2.16. The van der Waals surface area contributed by atoms with Crippen molar-refractivity contribution in [1.29, 1.82) is 0 Å². The first-order chi connectivity index (χ1) is 7.28. The van der Waals surface area contributed by atoms with Crippen LogP contribution >= 0.6 is 23.2 Å². The van der Waals surface area contributed by atoms with Gasteiger partial charge in [0.2, 0.25) is 4.84 Å². The van der Waals surface area contributed by atoms with E-state index < -0.39 is 16.4 Å². The van der Waals surface area contributed by atoms with E-state index in [2.05, 4.69) is 13.5 Å². The molecule has 16 heavy (non-hydrogen) atoms. The number of rotatable bonds is 7. The van der Waals surface area contributed by atoms with E-state index >= 15 is 0 Å². The second-order valence-corrected chi connectivity index (χ2v) is 5.68. The molecule has 0 saturated carbocycles. The van der Waals surface area contributed by atoms with Crippen molar-refractivity contribution in [2.24, 2.45) is 5.92 Å². The van der Waals surface area contributed by atoms with E-state index in [0.29, 0.717) is 5.92 Å². The Morgan fingerprint density at radius 3 is 2.50 bits per heavy atom. The molecule has 0 heterocycles. The zero-order chi connectivity index (χ0) is 12.8. The van der Waals surface area contributed by atoms with E-state index in [0.717, 1.165) is 19.3 Å². The quantitative estimate of drug-likeness (QED) is 0.394. The molecule has 1 atom stereocenters. The molecule has 0 aliphatic carbocycles. The Morgan fingerprint density at radius 1 is 1.50 bits per heavy atom. The van der Waals surface area contributed by atoms with Crippen molar-refractivity contribution >= 4 is 29.2 Å². The third kappa shape index (κ3) is 7.13. The molecular formula is C12H20Cl2O2. The van der Waals surface area contributed by atoms with Crippen LogP contribution in [-0.4, -0.2) is 16.4 Å². The highest BCUT2D eigenvalue weighted by Gasteiger charge is 2.25. The number of ether oxygens (including phenoxy) is 1. The summed E-state index contributed by atoms with van der Waals surface area (Å²) in [5.41, 5.74) is -0.514. The molecule has 0 aromatic carbocycles. The first-order valence-electron chi connectivity index (χ1n) is 5.42. The van der Waals surface area contributed by atoms with Crippen LogP contribution in [0.15, 0.2) is 12.7 Å². The number of carbonyl (C=O) groups is 1. The normalized spacial score (nSPS) is 13.6. The Balaban J connectivity index is 3.95. The summed E-state index contributed by atoms with van der Waals surface area (Å²) in [5.74, 6) is -0.0922. The fourth-order valence-corrected chi connectivity index (χ4v) is 1.42. The maximum absolute atomic E-state index is 11.2. The van der Waals surface area contributed by atoms with Crippen LogP contribution in [-0.2, 0) is 9.53 Å². The number of hydrogen-bond acceptors (Lipinski definition) is 2. The number of esters is 1. The number of hydrogen-bond donors (Lipinski definition) is 0. The Kier molecular flexibility index (Phi) is 7.09. The molecule has 0 rings (SSSR count). The van der Waals surface area contributed by atoms with Crippen molar-refractivity contribution in [2.75, 3.05) is 0 Å². The molecule has 0 fully saturated rings. The van der Waals surface area contributed by atoms with Crippen LogP contribution in [0.1, 0.15) is 40.0 Å². The lowest BCUT2D eigenvalue weighted by Crippen LogP contribution is -2.30. The highest BCUT2D eigenvalue weighted by molar-refractivity contribution is 6.52. The lowest BCUT2D eigenvalue weighted by atomic mass is 9.97. The van der Waals surface area contributed by atoms with Gasteiger partial charge in [0, 0.05) is 0 Å². The first kappa shape index (κ1) is 15.8. The molecule has 0 aliphatic rings.